The summed E-state index contributed by atoms with van der Waals surface area (Å²) in [7, 11) is 0.892. The predicted molar refractivity (Wildman–Crippen MR) is 184 cm³/mol. The summed E-state index contributed by atoms with van der Waals surface area (Å²) in [5, 5.41) is 2.44. The number of hydrogen-bond acceptors (Lipinski definition) is 4. The third kappa shape index (κ3) is 8.77. The molecule has 4 nitrogen and oxygen atoms in total. The van der Waals surface area contributed by atoms with Crippen LogP contribution in [0.15, 0.2) is 121 Å². The molecule has 0 aliphatic carbocycles. The van der Waals surface area contributed by atoms with Crippen LogP contribution in [0.5, 0.6) is 0 Å². The van der Waals surface area contributed by atoms with Crippen molar-refractivity contribution < 1.29 is 18.6 Å². The molecule has 3 atom stereocenters. The normalized spacial score (nSPS) is 14.2. The van der Waals surface area contributed by atoms with Crippen molar-refractivity contribution in [2.45, 2.75) is 76.4 Å². The summed E-state index contributed by atoms with van der Waals surface area (Å²) in [5.74, 6) is 0. The first-order valence-electron chi connectivity index (χ1n) is 15.9. The van der Waals surface area contributed by atoms with Gasteiger partial charge in [0.1, 0.15) is 6.10 Å². The molecule has 0 heterocycles. The maximum atomic E-state index is 7.19. The number of benzene rings is 4. The Morgan fingerprint density at radius 2 is 1.07 bits per heavy atom. The van der Waals surface area contributed by atoms with Gasteiger partial charge in [-0.3, -0.25) is 0 Å². The first kappa shape index (κ1) is 33.8. The summed E-state index contributed by atoms with van der Waals surface area (Å²) < 4.78 is 25.7. The molecule has 0 aliphatic rings. The van der Waals surface area contributed by atoms with Gasteiger partial charge in [0.25, 0.3) is 8.32 Å². The topological polar surface area (TPSA) is 36.9 Å². The first-order chi connectivity index (χ1) is 21.4. The average molecular weight is 611 g/mol. The van der Waals surface area contributed by atoms with Gasteiger partial charge in [0.2, 0.25) is 0 Å². The molecule has 5 heteroatoms. The van der Waals surface area contributed by atoms with Crippen molar-refractivity contribution in [2.75, 3.05) is 20.8 Å². The molecule has 4 aromatic rings. The third-order valence-corrected chi connectivity index (χ3v) is 13.6. The van der Waals surface area contributed by atoms with Crippen LogP contribution in [0.4, 0.5) is 0 Å². The van der Waals surface area contributed by atoms with E-state index in [0.717, 1.165) is 25.7 Å². The fraction of sp³-hybridized carbons (Fsp3) is 0.385. The number of unbranched alkanes of at least 4 members (excludes halogenated alkanes) is 1. The molecule has 0 fully saturated rings. The van der Waals surface area contributed by atoms with Gasteiger partial charge in [-0.1, -0.05) is 155 Å². The van der Waals surface area contributed by atoms with E-state index >= 15 is 0 Å². The molecule has 4 rings (SSSR count). The maximum absolute atomic E-state index is 7.19. The minimum absolute atomic E-state index is 0.0501. The van der Waals surface area contributed by atoms with E-state index in [2.05, 4.69) is 136 Å². The number of rotatable bonds is 17. The van der Waals surface area contributed by atoms with Crippen LogP contribution in [0.25, 0.3) is 0 Å². The highest BCUT2D eigenvalue weighted by atomic mass is 28.4. The van der Waals surface area contributed by atoms with E-state index in [9.17, 15) is 0 Å². The predicted octanol–water partition coefficient (Wildman–Crippen LogP) is 8.11. The van der Waals surface area contributed by atoms with Crippen molar-refractivity contribution in [1.29, 1.82) is 0 Å². The standard InChI is InChI=1S/C39H50O4Si/c1-39(2,3)44(34-24-14-8-15-25-34,35-26-16-9-17-27-35)43-31-38(41-5)37(40-4)29-19-18-28-36(33-22-12-7-13-23-33)42-30-32-20-10-6-11-21-32/h6-17,20-27,36-38H,18-19,28-31H2,1-5H3/t36-,37-,38+/m0/s1. The van der Waals surface area contributed by atoms with Crippen LogP contribution in [-0.4, -0.2) is 41.4 Å². The lowest BCUT2D eigenvalue weighted by molar-refractivity contribution is -0.0609. The monoisotopic (exact) mass is 610 g/mol. The lowest BCUT2D eigenvalue weighted by atomic mass is 10.0. The fourth-order valence-corrected chi connectivity index (χ4v) is 10.8. The van der Waals surface area contributed by atoms with Gasteiger partial charge in [0, 0.05) is 14.2 Å². The van der Waals surface area contributed by atoms with Crippen LogP contribution in [0.2, 0.25) is 5.04 Å². The Morgan fingerprint density at radius 1 is 0.591 bits per heavy atom. The highest BCUT2D eigenvalue weighted by Crippen LogP contribution is 2.37. The third-order valence-electron chi connectivity index (χ3n) is 8.57. The minimum Gasteiger partial charge on any atom is -0.405 e. The second kappa shape index (κ2) is 16.9. The fourth-order valence-electron chi connectivity index (χ4n) is 6.21. The van der Waals surface area contributed by atoms with E-state index in [0.29, 0.717) is 13.2 Å². The molecule has 0 N–H and O–H groups in total. The molecule has 0 amide bonds. The average Bonchev–Trinajstić information content (AvgIpc) is 3.06. The van der Waals surface area contributed by atoms with Crippen LogP contribution in [0, 0.1) is 0 Å². The van der Waals surface area contributed by atoms with E-state index in [-0.39, 0.29) is 23.4 Å². The lowest BCUT2D eigenvalue weighted by Gasteiger charge is -2.44. The molecule has 0 aliphatic heterocycles. The molecule has 4 aromatic carbocycles. The van der Waals surface area contributed by atoms with Gasteiger partial charge in [-0.2, -0.15) is 0 Å². The van der Waals surface area contributed by atoms with Gasteiger partial charge in [0.05, 0.1) is 25.4 Å². The van der Waals surface area contributed by atoms with Crippen molar-refractivity contribution in [1.82, 2.24) is 0 Å². The van der Waals surface area contributed by atoms with E-state index < -0.39 is 8.32 Å². The largest absolute Gasteiger partial charge is 0.405 e. The maximum Gasteiger partial charge on any atom is 0.261 e. The van der Waals surface area contributed by atoms with Crippen LogP contribution in [-0.2, 0) is 25.2 Å². The van der Waals surface area contributed by atoms with Crippen molar-refractivity contribution in [3.63, 3.8) is 0 Å². The van der Waals surface area contributed by atoms with Crippen LogP contribution < -0.4 is 10.4 Å². The van der Waals surface area contributed by atoms with Crippen molar-refractivity contribution in [3.8, 4) is 0 Å². The summed E-state index contributed by atoms with van der Waals surface area (Å²) in [4.78, 5) is 0. The highest BCUT2D eigenvalue weighted by Gasteiger charge is 2.50. The van der Waals surface area contributed by atoms with Gasteiger partial charge >= 0.3 is 0 Å². The van der Waals surface area contributed by atoms with Gasteiger partial charge in [0.15, 0.2) is 0 Å². The smallest absolute Gasteiger partial charge is 0.261 e. The Kier molecular flexibility index (Phi) is 13.0. The van der Waals surface area contributed by atoms with E-state index in [1.165, 1.54) is 21.5 Å². The zero-order valence-corrected chi connectivity index (χ0v) is 28.2. The van der Waals surface area contributed by atoms with Gasteiger partial charge in [-0.05, 0) is 39.4 Å². The molecule has 0 radical (unpaired) electrons. The molecule has 44 heavy (non-hydrogen) atoms. The number of hydrogen-bond donors (Lipinski definition) is 0. The summed E-state index contributed by atoms with van der Waals surface area (Å²) in [5.41, 5.74) is 2.41. The minimum atomic E-state index is -2.67. The SMILES string of the molecule is CO[C@@H](CCCC[C@H](OCc1ccccc1)c1ccccc1)[C@@H](CO[Si](c1ccccc1)(c1ccccc1)C(C)(C)C)OC. The van der Waals surface area contributed by atoms with Crippen molar-refractivity contribution in [3.05, 3.63) is 132 Å². The Hall–Kier alpha value is -3.06. The highest BCUT2D eigenvalue weighted by molar-refractivity contribution is 6.99. The summed E-state index contributed by atoms with van der Waals surface area (Å²) in [6, 6.07) is 42.5. The Morgan fingerprint density at radius 3 is 1.57 bits per heavy atom. The summed E-state index contributed by atoms with van der Waals surface area (Å²) in [6.07, 6.45) is 3.67. The van der Waals surface area contributed by atoms with Gasteiger partial charge in [-0.25, -0.2) is 0 Å². The molecular weight excluding hydrogens is 561 g/mol. The molecule has 0 saturated carbocycles. The van der Waals surface area contributed by atoms with Crippen LogP contribution in [0.1, 0.15) is 63.7 Å². The van der Waals surface area contributed by atoms with Gasteiger partial charge < -0.3 is 18.6 Å². The van der Waals surface area contributed by atoms with Crippen LogP contribution in [0.3, 0.4) is 0 Å². The zero-order valence-electron chi connectivity index (χ0n) is 27.2. The molecule has 234 valence electrons. The quantitative estimate of drug-likeness (QED) is 0.0894. The van der Waals surface area contributed by atoms with Gasteiger partial charge in [-0.15, -0.1) is 0 Å². The van der Waals surface area contributed by atoms with Crippen molar-refractivity contribution in [2.24, 2.45) is 0 Å². The molecule has 0 saturated heterocycles. The molecule has 0 bridgehead atoms. The summed E-state index contributed by atoms with van der Waals surface area (Å²) in [6.45, 7) is 7.98. The van der Waals surface area contributed by atoms with E-state index in [1.54, 1.807) is 14.2 Å². The Bertz CT molecular complexity index is 1290. The van der Waals surface area contributed by atoms with Crippen LogP contribution >= 0.6 is 0 Å². The number of ether oxygens (including phenoxy) is 3. The number of methoxy groups -OCH3 is 2. The lowest BCUT2D eigenvalue weighted by Crippen LogP contribution is -2.67. The van der Waals surface area contributed by atoms with Crippen molar-refractivity contribution >= 4 is 18.7 Å². The van der Waals surface area contributed by atoms with E-state index in [1.807, 2.05) is 6.07 Å². The summed E-state index contributed by atoms with van der Waals surface area (Å²) >= 11 is 0. The van der Waals surface area contributed by atoms with E-state index in [4.69, 9.17) is 18.6 Å². The zero-order chi connectivity index (χ0) is 31.3. The first-order valence-corrected chi connectivity index (χ1v) is 17.8. The molecule has 0 aromatic heterocycles. The molecule has 0 spiro atoms. The molecule has 0 unspecified atom stereocenters. The Balaban J connectivity index is 1.42. The molecular formula is C39H50O4Si. The second-order valence-corrected chi connectivity index (χ2v) is 16.8. The second-order valence-electron chi connectivity index (χ2n) is 12.5. The Labute approximate surface area is 266 Å².